The van der Waals surface area contributed by atoms with Gasteiger partial charge in [0.2, 0.25) is 0 Å². The lowest BCUT2D eigenvalue weighted by molar-refractivity contribution is 0.467. The van der Waals surface area contributed by atoms with Crippen LogP contribution >= 0.6 is 0 Å². The van der Waals surface area contributed by atoms with Crippen LogP contribution in [-0.2, 0) is 6.42 Å². The highest BCUT2D eigenvalue weighted by Gasteiger charge is 2.09. The number of aryl methyl sites for hydroxylation is 1. The number of hydrogen-bond donors (Lipinski definition) is 3. The summed E-state index contributed by atoms with van der Waals surface area (Å²) in [5.74, 6) is 0.639. The maximum atomic E-state index is 10.7. The first-order chi connectivity index (χ1) is 18.1. The van der Waals surface area contributed by atoms with Crippen LogP contribution in [0.1, 0.15) is 43.2 Å². The van der Waals surface area contributed by atoms with E-state index in [2.05, 4.69) is 4.99 Å². The first-order valence-corrected chi connectivity index (χ1v) is 13.1. The maximum Gasteiger partial charge on any atom is 0.132 e. The van der Waals surface area contributed by atoms with Gasteiger partial charge < -0.3 is 15.9 Å². The van der Waals surface area contributed by atoms with E-state index in [9.17, 15) is 10.2 Å². The summed E-state index contributed by atoms with van der Waals surface area (Å²) in [5.41, 5.74) is 11.7. The fourth-order valence-electron chi connectivity index (χ4n) is 4.61. The van der Waals surface area contributed by atoms with Gasteiger partial charge in [-0.05, 0) is 42.0 Å². The van der Waals surface area contributed by atoms with Gasteiger partial charge in [0.1, 0.15) is 11.5 Å². The zero-order chi connectivity index (χ0) is 25.9. The molecule has 4 N–H and O–H groups in total. The highest BCUT2D eigenvalue weighted by molar-refractivity contribution is 5.88. The fourth-order valence-corrected chi connectivity index (χ4v) is 4.61. The van der Waals surface area contributed by atoms with Gasteiger partial charge in [-0.25, -0.2) is 0 Å². The molecule has 0 aliphatic heterocycles. The number of nitrogens with two attached hydrogens (primary N) is 1. The molecule has 4 rings (SSSR count). The number of benzene rings is 4. The van der Waals surface area contributed by atoms with Gasteiger partial charge in [0.25, 0.3) is 0 Å². The van der Waals surface area contributed by atoms with Gasteiger partial charge in [0.05, 0.1) is 6.54 Å². The lowest BCUT2D eigenvalue weighted by atomic mass is 9.98. The van der Waals surface area contributed by atoms with Gasteiger partial charge >= 0.3 is 0 Å². The molecule has 0 saturated heterocycles. The number of para-hydroxylation sites is 2. The Morgan fingerprint density at radius 3 is 1.92 bits per heavy atom. The number of aromatic hydroxyl groups is 2. The molecule has 0 radical (unpaired) electrons. The molecule has 0 aliphatic carbocycles. The van der Waals surface area contributed by atoms with E-state index in [0.717, 1.165) is 66.3 Å². The minimum atomic E-state index is 0.00213. The van der Waals surface area contributed by atoms with Crippen molar-refractivity contribution in [1.82, 2.24) is 0 Å². The quantitative estimate of drug-likeness (QED) is 0.143. The molecule has 4 aromatic carbocycles. The Morgan fingerprint density at radius 1 is 0.649 bits per heavy atom. The largest absolute Gasteiger partial charge is 0.507 e. The summed E-state index contributed by atoms with van der Waals surface area (Å²) in [7, 11) is 0. The molecule has 0 unspecified atom stereocenters. The van der Waals surface area contributed by atoms with E-state index in [4.69, 9.17) is 5.73 Å². The molecule has 0 aromatic heterocycles. The molecule has 0 spiro atoms. The normalized spacial score (nSPS) is 12.1. The third-order valence-electron chi connectivity index (χ3n) is 6.70. The minimum absolute atomic E-state index is 0.00213. The van der Waals surface area contributed by atoms with Crippen molar-refractivity contribution < 1.29 is 10.2 Å². The van der Waals surface area contributed by atoms with Crippen molar-refractivity contribution in [2.24, 2.45) is 10.7 Å². The highest BCUT2D eigenvalue weighted by atomic mass is 16.3. The molecular formula is C33H36N2O2. The number of phenols is 2. The predicted octanol–water partition coefficient (Wildman–Crippen LogP) is 7.37. The Kier molecular flexibility index (Phi) is 9.50. The van der Waals surface area contributed by atoms with E-state index in [-0.39, 0.29) is 11.8 Å². The third-order valence-corrected chi connectivity index (χ3v) is 6.70. The standard InChI is InChI=1S/C33H36N2O2/c34-29(24-35-23-28-19-12-22-31(33(28)37)26-15-8-4-9-16-26)20-10-2-1-5-17-27-18-11-21-30(32(27)36)25-13-6-3-7-14-25/h3-4,6-9,11-16,18-19,21-23,29,36-37H,1-2,5,10,17,20,24,34H2/t29-/m0/s1. The van der Waals surface area contributed by atoms with Gasteiger partial charge in [-0.1, -0.05) is 110 Å². The predicted molar refractivity (Wildman–Crippen MR) is 154 cm³/mol. The van der Waals surface area contributed by atoms with Crippen molar-refractivity contribution >= 4 is 6.21 Å². The van der Waals surface area contributed by atoms with Crippen molar-refractivity contribution in [1.29, 1.82) is 0 Å². The second-order valence-corrected chi connectivity index (χ2v) is 9.50. The van der Waals surface area contributed by atoms with Gasteiger partial charge in [0, 0.05) is 28.9 Å². The van der Waals surface area contributed by atoms with Crippen LogP contribution in [0.3, 0.4) is 0 Å². The third kappa shape index (κ3) is 7.31. The molecule has 0 saturated carbocycles. The van der Waals surface area contributed by atoms with E-state index in [1.165, 1.54) is 0 Å². The van der Waals surface area contributed by atoms with Crippen LogP contribution in [0, 0.1) is 0 Å². The second-order valence-electron chi connectivity index (χ2n) is 9.50. The number of hydrogen-bond acceptors (Lipinski definition) is 4. The molecule has 0 amide bonds. The molecule has 0 bridgehead atoms. The van der Waals surface area contributed by atoms with Crippen molar-refractivity contribution in [3.05, 3.63) is 108 Å². The van der Waals surface area contributed by atoms with E-state index < -0.39 is 0 Å². The SMILES string of the molecule is N[C@@H](CCCCCCc1cccc(-c2ccccc2)c1O)CN=Cc1cccc(-c2ccccc2)c1O. The molecule has 4 heteroatoms. The number of aliphatic imine (C=N–C) groups is 1. The van der Waals surface area contributed by atoms with Crippen LogP contribution in [-0.4, -0.2) is 29.0 Å². The fraction of sp³-hybridized carbons (Fsp3) is 0.242. The summed E-state index contributed by atoms with van der Waals surface area (Å²) < 4.78 is 0. The van der Waals surface area contributed by atoms with E-state index in [0.29, 0.717) is 17.9 Å². The first-order valence-electron chi connectivity index (χ1n) is 13.1. The zero-order valence-corrected chi connectivity index (χ0v) is 21.3. The van der Waals surface area contributed by atoms with Crippen molar-refractivity contribution in [2.75, 3.05) is 6.54 Å². The Hall–Kier alpha value is -3.89. The van der Waals surface area contributed by atoms with E-state index >= 15 is 0 Å². The molecular weight excluding hydrogens is 456 g/mol. The van der Waals surface area contributed by atoms with Crippen LogP contribution in [0.5, 0.6) is 11.5 Å². The molecule has 4 nitrogen and oxygen atoms in total. The van der Waals surface area contributed by atoms with Crippen LogP contribution in [0.4, 0.5) is 0 Å². The van der Waals surface area contributed by atoms with Crippen molar-refractivity contribution in [3.63, 3.8) is 0 Å². The van der Waals surface area contributed by atoms with Gasteiger partial charge in [0.15, 0.2) is 0 Å². The monoisotopic (exact) mass is 492 g/mol. The number of rotatable bonds is 12. The summed E-state index contributed by atoms with van der Waals surface area (Å²) in [5, 5.41) is 21.4. The van der Waals surface area contributed by atoms with E-state index in [1.807, 2.05) is 97.1 Å². The van der Waals surface area contributed by atoms with Gasteiger partial charge in [-0.15, -0.1) is 0 Å². The Balaban J connectivity index is 1.17. The maximum absolute atomic E-state index is 10.7. The summed E-state index contributed by atoms with van der Waals surface area (Å²) in [6.45, 7) is 0.537. The van der Waals surface area contributed by atoms with Crippen molar-refractivity contribution in [2.45, 2.75) is 44.6 Å². The van der Waals surface area contributed by atoms with Crippen LogP contribution < -0.4 is 5.73 Å². The highest BCUT2D eigenvalue weighted by Crippen LogP contribution is 2.33. The minimum Gasteiger partial charge on any atom is -0.507 e. The summed E-state index contributed by atoms with van der Waals surface area (Å²) >= 11 is 0. The Bertz CT molecular complexity index is 1290. The zero-order valence-electron chi connectivity index (χ0n) is 21.3. The molecule has 0 heterocycles. The Morgan fingerprint density at radius 2 is 1.24 bits per heavy atom. The smallest absolute Gasteiger partial charge is 0.132 e. The van der Waals surface area contributed by atoms with Gasteiger partial charge in [-0.3, -0.25) is 4.99 Å². The molecule has 4 aromatic rings. The molecule has 0 aliphatic rings. The molecule has 190 valence electrons. The van der Waals surface area contributed by atoms with E-state index in [1.54, 1.807) is 6.21 Å². The molecule has 0 fully saturated rings. The van der Waals surface area contributed by atoms with Crippen molar-refractivity contribution in [3.8, 4) is 33.8 Å². The summed E-state index contributed by atoms with van der Waals surface area (Å²) in [6, 6.07) is 31.6. The summed E-state index contributed by atoms with van der Waals surface area (Å²) in [4.78, 5) is 4.50. The number of unbranched alkanes of at least 4 members (excludes halogenated alkanes) is 3. The average Bonchev–Trinajstić information content (AvgIpc) is 2.93. The Labute approximate surface area is 220 Å². The first kappa shape index (κ1) is 26.2. The molecule has 1 atom stereocenters. The van der Waals surface area contributed by atoms with Crippen LogP contribution in [0.25, 0.3) is 22.3 Å². The van der Waals surface area contributed by atoms with Gasteiger partial charge in [-0.2, -0.15) is 0 Å². The topological polar surface area (TPSA) is 78.8 Å². The second kappa shape index (κ2) is 13.4. The number of phenolic OH excluding ortho intramolecular Hbond substituents is 2. The lowest BCUT2D eigenvalue weighted by Crippen LogP contribution is -2.23. The summed E-state index contributed by atoms with van der Waals surface area (Å²) in [6.07, 6.45) is 7.81. The lowest BCUT2D eigenvalue weighted by Gasteiger charge is -2.11. The number of nitrogens with zero attached hydrogens (tertiary/aromatic N) is 1. The average molecular weight is 493 g/mol. The van der Waals surface area contributed by atoms with Crippen LogP contribution in [0.15, 0.2) is 102 Å². The van der Waals surface area contributed by atoms with Crippen LogP contribution in [0.2, 0.25) is 0 Å². The molecule has 37 heavy (non-hydrogen) atoms.